The van der Waals surface area contributed by atoms with Gasteiger partial charge in [-0.15, -0.1) is 0 Å². The number of nitrogens with one attached hydrogen (secondary N) is 1. The molecule has 1 atom stereocenters. The van der Waals surface area contributed by atoms with Crippen LogP contribution in [0.4, 0.5) is 5.69 Å². The van der Waals surface area contributed by atoms with Gasteiger partial charge in [0.1, 0.15) is 0 Å². The standard InChI is InChI=1S/C24H32N2O2S/c1-19(27)25-22-6-4-20(5-7-22)17-26-13-11-24(12-14-26,23-3-2-15-28-23)10-8-21-9-16-29-18-21/h4-7,9,16,18,23H,2-3,8,10-15,17H2,1H3,(H,25,27). The van der Waals surface area contributed by atoms with Gasteiger partial charge in [0.15, 0.2) is 0 Å². The van der Waals surface area contributed by atoms with Gasteiger partial charge in [-0.25, -0.2) is 0 Å². The number of rotatable bonds is 7. The maximum atomic E-state index is 11.2. The fourth-order valence-corrected chi connectivity index (χ4v) is 5.64. The van der Waals surface area contributed by atoms with Crippen molar-refractivity contribution >= 4 is 22.9 Å². The van der Waals surface area contributed by atoms with Crippen molar-refractivity contribution < 1.29 is 9.53 Å². The summed E-state index contributed by atoms with van der Waals surface area (Å²) in [7, 11) is 0. The minimum atomic E-state index is -0.0262. The SMILES string of the molecule is CC(=O)Nc1ccc(CN2CCC(CCc3ccsc3)(C3CCCO3)CC2)cc1. The highest BCUT2D eigenvalue weighted by molar-refractivity contribution is 7.07. The van der Waals surface area contributed by atoms with E-state index in [1.54, 1.807) is 18.3 Å². The lowest BCUT2D eigenvalue weighted by molar-refractivity contribution is -0.114. The van der Waals surface area contributed by atoms with Gasteiger partial charge in [-0.1, -0.05) is 12.1 Å². The van der Waals surface area contributed by atoms with Crippen LogP contribution in [0.5, 0.6) is 0 Å². The molecule has 5 heteroatoms. The van der Waals surface area contributed by atoms with Crippen LogP contribution in [-0.4, -0.2) is 36.6 Å². The first kappa shape index (κ1) is 20.6. The summed E-state index contributed by atoms with van der Waals surface area (Å²) < 4.78 is 6.21. The molecule has 0 aliphatic carbocycles. The Morgan fingerprint density at radius 1 is 1.21 bits per heavy atom. The molecule has 1 aromatic heterocycles. The molecule has 1 aromatic carbocycles. The van der Waals surface area contributed by atoms with Gasteiger partial charge in [-0.3, -0.25) is 9.69 Å². The first-order valence-corrected chi connectivity index (χ1v) is 11.8. The molecule has 1 amide bonds. The van der Waals surface area contributed by atoms with E-state index in [1.165, 1.54) is 49.7 Å². The van der Waals surface area contributed by atoms with Gasteiger partial charge in [-0.05, 0) is 97.1 Å². The molecule has 29 heavy (non-hydrogen) atoms. The molecule has 3 heterocycles. The Morgan fingerprint density at radius 2 is 2.00 bits per heavy atom. The van der Waals surface area contributed by atoms with Crippen molar-refractivity contribution in [3.8, 4) is 0 Å². The van der Waals surface area contributed by atoms with Crippen LogP contribution in [0.1, 0.15) is 50.2 Å². The number of aryl methyl sites for hydroxylation is 1. The molecule has 2 fully saturated rings. The van der Waals surface area contributed by atoms with Crippen molar-refractivity contribution in [3.05, 3.63) is 52.2 Å². The molecule has 0 radical (unpaired) electrons. The van der Waals surface area contributed by atoms with Crippen LogP contribution < -0.4 is 5.32 Å². The molecule has 2 aliphatic heterocycles. The second-order valence-corrected chi connectivity index (χ2v) is 9.43. The van der Waals surface area contributed by atoms with Crippen LogP contribution in [0.15, 0.2) is 41.1 Å². The molecule has 2 aromatic rings. The predicted octanol–water partition coefficient (Wildman–Crippen LogP) is 5.10. The molecule has 2 saturated heterocycles. The number of carbonyl (C=O) groups is 1. The van der Waals surface area contributed by atoms with E-state index < -0.39 is 0 Å². The van der Waals surface area contributed by atoms with Crippen molar-refractivity contribution in [2.24, 2.45) is 5.41 Å². The second-order valence-electron chi connectivity index (χ2n) is 8.65. The summed E-state index contributed by atoms with van der Waals surface area (Å²) in [5, 5.41) is 7.32. The van der Waals surface area contributed by atoms with Crippen LogP contribution in [0.25, 0.3) is 0 Å². The molecule has 0 spiro atoms. The van der Waals surface area contributed by atoms with Crippen molar-refractivity contribution in [2.45, 2.75) is 58.1 Å². The fourth-order valence-electron chi connectivity index (χ4n) is 4.93. The smallest absolute Gasteiger partial charge is 0.221 e. The number of piperidine rings is 1. The molecule has 4 rings (SSSR count). The molecule has 4 nitrogen and oxygen atoms in total. The van der Waals surface area contributed by atoms with Crippen molar-refractivity contribution in [1.29, 1.82) is 0 Å². The monoisotopic (exact) mass is 412 g/mol. The molecular formula is C24H32N2O2S. The topological polar surface area (TPSA) is 41.6 Å². The maximum absolute atomic E-state index is 11.2. The van der Waals surface area contributed by atoms with Gasteiger partial charge < -0.3 is 10.1 Å². The maximum Gasteiger partial charge on any atom is 0.221 e. The van der Waals surface area contributed by atoms with E-state index in [2.05, 4.69) is 39.2 Å². The van der Waals surface area contributed by atoms with Crippen molar-refractivity contribution in [1.82, 2.24) is 4.90 Å². The number of carbonyl (C=O) groups excluding carboxylic acids is 1. The third kappa shape index (κ3) is 5.27. The largest absolute Gasteiger partial charge is 0.378 e. The Labute approximate surface area is 178 Å². The Kier molecular flexibility index (Phi) is 6.68. The predicted molar refractivity (Wildman–Crippen MR) is 119 cm³/mol. The van der Waals surface area contributed by atoms with Crippen molar-refractivity contribution in [3.63, 3.8) is 0 Å². The molecule has 0 bridgehead atoms. The molecule has 1 N–H and O–H groups in total. The van der Waals surface area contributed by atoms with E-state index in [1.807, 2.05) is 12.1 Å². The van der Waals surface area contributed by atoms with Gasteiger partial charge in [0, 0.05) is 25.8 Å². The Morgan fingerprint density at radius 3 is 2.62 bits per heavy atom. The van der Waals surface area contributed by atoms with E-state index in [9.17, 15) is 4.79 Å². The highest BCUT2D eigenvalue weighted by Crippen LogP contribution is 2.44. The lowest BCUT2D eigenvalue weighted by Gasteiger charge is -2.45. The number of thiophene rings is 1. The Balaban J connectivity index is 1.35. The zero-order valence-electron chi connectivity index (χ0n) is 17.4. The molecule has 1 unspecified atom stereocenters. The zero-order chi connectivity index (χ0) is 20.1. The number of amides is 1. The van der Waals surface area contributed by atoms with Crippen LogP contribution >= 0.6 is 11.3 Å². The van der Waals surface area contributed by atoms with E-state index in [0.29, 0.717) is 11.5 Å². The summed E-state index contributed by atoms with van der Waals surface area (Å²) in [6.07, 6.45) is 7.77. The number of benzene rings is 1. The minimum absolute atomic E-state index is 0.0262. The van der Waals surface area contributed by atoms with Gasteiger partial charge in [-0.2, -0.15) is 11.3 Å². The number of hydrogen-bond donors (Lipinski definition) is 1. The molecular weight excluding hydrogens is 380 g/mol. The van der Waals surface area contributed by atoms with Gasteiger partial charge in [0.25, 0.3) is 0 Å². The average Bonchev–Trinajstić information content (AvgIpc) is 3.43. The van der Waals surface area contributed by atoms with Crippen LogP contribution in [0.2, 0.25) is 0 Å². The summed E-state index contributed by atoms with van der Waals surface area (Å²) in [6.45, 7) is 5.73. The zero-order valence-corrected chi connectivity index (χ0v) is 18.2. The van der Waals surface area contributed by atoms with E-state index >= 15 is 0 Å². The normalized spacial score (nSPS) is 21.9. The van der Waals surface area contributed by atoms with Gasteiger partial charge in [0.2, 0.25) is 5.91 Å². The highest BCUT2D eigenvalue weighted by Gasteiger charge is 2.43. The quantitative estimate of drug-likeness (QED) is 0.688. The van der Waals surface area contributed by atoms with E-state index in [-0.39, 0.29) is 5.91 Å². The lowest BCUT2D eigenvalue weighted by atomic mass is 9.69. The summed E-state index contributed by atoms with van der Waals surface area (Å²) in [5.41, 5.74) is 3.99. The minimum Gasteiger partial charge on any atom is -0.378 e. The Bertz CT molecular complexity index is 774. The molecule has 2 aliphatic rings. The van der Waals surface area contributed by atoms with Crippen LogP contribution in [0, 0.1) is 5.41 Å². The first-order valence-electron chi connectivity index (χ1n) is 10.8. The van der Waals surface area contributed by atoms with Crippen LogP contribution in [0.3, 0.4) is 0 Å². The number of anilines is 1. The summed E-state index contributed by atoms with van der Waals surface area (Å²) in [4.78, 5) is 13.8. The molecule has 156 valence electrons. The van der Waals surface area contributed by atoms with Crippen molar-refractivity contribution in [2.75, 3.05) is 25.0 Å². The van der Waals surface area contributed by atoms with E-state index in [0.717, 1.165) is 31.9 Å². The summed E-state index contributed by atoms with van der Waals surface area (Å²) in [6, 6.07) is 10.5. The number of nitrogens with zero attached hydrogens (tertiary/aromatic N) is 1. The average molecular weight is 413 g/mol. The van der Waals surface area contributed by atoms with Gasteiger partial charge in [0.05, 0.1) is 6.10 Å². The highest BCUT2D eigenvalue weighted by atomic mass is 32.1. The lowest BCUT2D eigenvalue weighted by Crippen LogP contribution is -2.46. The summed E-state index contributed by atoms with van der Waals surface area (Å²) >= 11 is 1.80. The second kappa shape index (κ2) is 9.41. The first-order chi connectivity index (χ1) is 14.1. The fraction of sp³-hybridized carbons (Fsp3) is 0.542. The van der Waals surface area contributed by atoms with E-state index in [4.69, 9.17) is 4.74 Å². The van der Waals surface area contributed by atoms with Crippen LogP contribution in [-0.2, 0) is 22.5 Å². The summed E-state index contributed by atoms with van der Waals surface area (Å²) in [5.74, 6) is -0.0262. The molecule has 0 saturated carbocycles. The number of likely N-dealkylation sites (tertiary alicyclic amines) is 1. The third-order valence-electron chi connectivity index (χ3n) is 6.64. The number of hydrogen-bond acceptors (Lipinski definition) is 4. The number of ether oxygens (including phenoxy) is 1. The third-order valence-corrected chi connectivity index (χ3v) is 7.37. The Hall–Kier alpha value is -1.69. The van der Waals surface area contributed by atoms with Gasteiger partial charge >= 0.3 is 0 Å².